The van der Waals surface area contributed by atoms with Gasteiger partial charge in [-0.3, -0.25) is 0 Å². The Kier molecular flexibility index (Phi) is 6.14. The molecule has 0 atom stereocenters. The van der Waals surface area contributed by atoms with Crippen LogP contribution in [0.2, 0.25) is 0 Å². The monoisotopic (exact) mass is 644 g/mol. The molecule has 0 saturated carbocycles. The van der Waals surface area contributed by atoms with Crippen LogP contribution in [-0.2, 0) is 0 Å². The molecule has 0 fully saturated rings. The van der Waals surface area contributed by atoms with Crippen molar-refractivity contribution in [2.75, 3.05) is 0 Å². The van der Waals surface area contributed by atoms with Crippen LogP contribution in [0.3, 0.4) is 0 Å². The fourth-order valence-electron chi connectivity index (χ4n) is 7.22. The summed E-state index contributed by atoms with van der Waals surface area (Å²) in [5, 5.41) is 6.15. The lowest BCUT2D eigenvalue weighted by molar-refractivity contribution is 0.571. The van der Waals surface area contributed by atoms with Crippen molar-refractivity contribution >= 4 is 66.9 Å². The van der Waals surface area contributed by atoms with E-state index in [1.54, 1.807) is 0 Å². The van der Waals surface area contributed by atoms with Gasteiger partial charge in [0, 0.05) is 60.6 Å². The van der Waals surface area contributed by atoms with Crippen LogP contribution in [0.1, 0.15) is 12.7 Å². The maximum Gasteiger partial charge on any atom is 0.164 e. The summed E-state index contributed by atoms with van der Waals surface area (Å²) in [4.78, 5) is 15.1. The Balaban J connectivity index is 1.20. The van der Waals surface area contributed by atoms with Gasteiger partial charge in [-0.15, -0.1) is 0 Å². The molecule has 0 aliphatic heterocycles. The summed E-state index contributed by atoms with van der Waals surface area (Å²) in [5.41, 5.74) is 8.86. The maximum atomic E-state index is 6.58. The van der Waals surface area contributed by atoms with Crippen molar-refractivity contribution < 1.29 is 8.83 Å². The maximum absolute atomic E-state index is 6.58. The molecule has 4 heterocycles. The Bertz CT molecular complexity index is 3020. The van der Waals surface area contributed by atoms with E-state index in [2.05, 4.69) is 83.9 Å². The van der Waals surface area contributed by atoms with Crippen molar-refractivity contribution in [2.45, 2.75) is 6.92 Å². The Hall–Kier alpha value is -6.79. The van der Waals surface area contributed by atoms with Crippen LogP contribution in [0.4, 0.5) is 0 Å². The molecule has 0 radical (unpaired) electrons. The molecule has 0 N–H and O–H groups in total. The SMILES string of the molecule is C=c1/c(=C(\C)c2nc(-c3ccccc3)nc(-c3cccc4oc5cc(-n6c7ccccc7c7ccccc76)ccc5c34)n2)oc2ccccc12. The molecule has 0 spiro atoms. The van der Waals surface area contributed by atoms with Crippen molar-refractivity contribution in [3.05, 3.63) is 156 Å². The number of para-hydroxylation sites is 3. The summed E-state index contributed by atoms with van der Waals surface area (Å²) >= 11 is 0. The topological polar surface area (TPSA) is 69.9 Å². The van der Waals surface area contributed by atoms with Crippen molar-refractivity contribution in [3.8, 4) is 28.5 Å². The number of hydrogen-bond acceptors (Lipinski definition) is 5. The van der Waals surface area contributed by atoms with Crippen molar-refractivity contribution in [1.29, 1.82) is 0 Å². The van der Waals surface area contributed by atoms with Crippen LogP contribution < -0.4 is 10.6 Å². The second-order valence-corrected chi connectivity index (χ2v) is 12.5. The van der Waals surface area contributed by atoms with Crippen molar-refractivity contribution in [2.24, 2.45) is 0 Å². The molecule has 236 valence electrons. The van der Waals surface area contributed by atoms with Gasteiger partial charge in [-0.2, -0.15) is 0 Å². The first-order valence-electron chi connectivity index (χ1n) is 16.6. The number of hydrogen-bond donors (Lipinski definition) is 0. The lowest BCUT2D eigenvalue weighted by Crippen LogP contribution is -2.22. The average molecular weight is 645 g/mol. The Morgan fingerprint density at radius 2 is 1.22 bits per heavy atom. The third-order valence-corrected chi connectivity index (χ3v) is 9.60. The summed E-state index contributed by atoms with van der Waals surface area (Å²) in [6, 6.07) is 47.4. The molecule has 6 aromatic carbocycles. The zero-order valence-corrected chi connectivity index (χ0v) is 27.1. The van der Waals surface area contributed by atoms with Gasteiger partial charge < -0.3 is 13.4 Å². The molecule has 0 bridgehead atoms. The highest BCUT2D eigenvalue weighted by molar-refractivity contribution is 6.13. The third-order valence-electron chi connectivity index (χ3n) is 9.60. The molecule has 4 aromatic heterocycles. The number of benzene rings is 6. The van der Waals surface area contributed by atoms with Crippen LogP contribution in [0.15, 0.2) is 148 Å². The zero-order chi connectivity index (χ0) is 33.3. The number of furan rings is 2. The van der Waals surface area contributed by atoms with Crippen molar-refractivity contribution in [3.63, 3.8) is 0 Å². The summed E-state index contributed by atoms with van der Waals surface area (Å²) in [6.45, 7) is 6.32. The van der Waals surface area contributed by atoms with Crippen LogP contribution >= 0.6 is 0 Å². The van der Waals surface area contributed by atoms with Crippen LogP contribution in [0.5, 0.6) is 0 Å². The minimum absolute atomic E-state index is 0.524. The molecule has 6 heteroatoms. The zero-order valence-electron chi connectivity index (χ0n) is 27.1. The predicted octanol–water partition coefficient (Wildman–Crippen LogP) is 9.58. The molecule has 10 aromatic rings. The normalized spacial score (nSPS) is 12.5. The first kappa shape index (κ1) is 28.2. The molecule has 0 amide bonds. The summed E-state index contributed by atoms with van der Waals surface area (Å²) < 4.78 is 15.2. The third kappa shape index (κ3) is 4.25. The fraction of sp³-hybridized carbons (Fsp3) is 0.0227. The van der Waals surface area contributed by atoms with Crippen LogP contribution in [-0.4, -0.2) is 19.5 Å². The van der Waals surface area contributed by atoms with Crippen molar-refractivity contribution in [1.82, 2.24) is 19.5 Å². The lowest BCUT2D eigenvalue weighted by atomic mass is 10.0. The van der Waals surface area contributed by atoms with E-state index < -0.39 is 0 Å². The van der Waals surface area contributed by atoms with E-state index in [0.29, 0.717) is 22.9 Å². The number of nitrogens with zero attached hydrogens (tertiary/aromatic N) is 4. The highest BCUT2D eigenvalue weighted by atomic mass is 16.3. The van der Waals surface area contributed by atoms with Gasteiger partial charge in [-0.05, 0) is 43.3 Å². The quantitative estimate of drug-likeness (QED) is 0.191. The van der Waals surface area contributed by atoms with E-state index in [1.165, 1.54) is 10.8 Å². The van der Waals surface area contributed by atoms with E-state index in [1.807, 2.05) is 73.7 Å². The van der Waals surface area contributed by atoms with Gasteiger partial charge in [0.1, 0.15) is 22.2 Å². The Morgan fingerprint density at radius 1 is 0.560 bits per heavy atom. The van der Waals surface area contributed by atoms with E-state index in [9.17, 15) is 0 Å². The lowest BCUT2D eigenvalue weighted by Gasteiger charge is -2.09. The smallest absolute Gasteiger partial charge is 0.164 e. The minimum Gasteiger partial charge on any atom is -0.456 e. The Labute approximate surface area is 285 Å². The molecule has 0 saturated heterocycles. The molecule has 6 nitrogen and oxygen atoms in total. The van der Waals surface area contributed by atoms with Gasteiger partial charge in [0.25, 0.3) is 0 Å². The number of rotatable bonds is 4. The first-order valence-corrected chi connectivity index (χ1v) is 16.6. The molecule has 0 aliphatic rings. The summed E-state index contributed by atoms with van der Waals surface area (Å²) in [6.07, 6.45) is 0. The number of aromatic nitrogens is 4. The average Bonchev–Trinajstić information content (AvgIpc) is 3.83. The molecular formula is C44H28N4O2. The molecule has 50 heavy (non-hydrogen) atoms. The predicted molar refractivity (Wildman–Crippen MR) is 201 cm³/mol. The van der Waals surface area contributed by atoms with Gasteiger partial charge in [0.05, 0.1) is 11.0 Å². The second kappa shape index (κ2) is 10.9. The minimum atomic E-state index is 0.524. The van der Waals surface area contributed by atoms with Gasteiger partial charge in [-0.1, -0.05) is 104 Å². The molecule has 0 aliphatic carbocycles. The summed E-state index contributed by atoms with van der Waals surface area (Å²) in [5.74, 6) is 1.65. The molecule has 0 unspecified atom stereocenters. The fourth-order valence-corrected chi connectivity index (χ4v) is 7.22. The van der Waals surface area contributed by atoms with E-state index in [0.717, 1.165) is 71.5 Å². The van der Waals surface area contributed by atoms with Gasteiger partial charge in [-0.25, -0.2) is 15.0 Å². The second-order valence-electron chi connectivity index (χ2n) is 12.5. The molecular weight excluding hydrogens is 617 g/mol. The van der Waals surface area contributed by atoms with Gasteiger partial charge in [0.15, 0.2) is 17.5 Å². The highest BCUT2D eigenvalue weighted by Crippen LogP contribution is 2.38. The highest BCUT2D eigenvalue weighted by Gasteiger charge is 2.20. The van der Waals surface area contributed by atoms with Crippen LogP contribution in [0.25, 0.3) is 95.3 Å². The van der Waals surface area contributed by atoms with E-state index >= 15 is 0 Å². The first-order chi connectivity index (χ1) is 24.6. The Morgan fingerprint density at radius 3 is 1.98 bits per heavy atom. The van der Waals surface area contributed by atoms with Crippen LogP contribution in [0, 0.1) is 0 Å². The van der Waals surface area contributed by atoms with Gasteiger partial charge in [0.2, 0.25) is 0 Å². The van der Waals surface area contributed by atoms with E-state index in [-0.39, 0.29) is 0 Å². The van der Waals surface area contributed by atoms with Gasteiger partial charge >= 0.3 is 0 Å². The summed E-state index contributed by atoms with van der Waals surface area (Å²) in [7, 11) is 0. The standard InChI is InChI=1S/C44H28N4O2/c1-26-30-15-8-11-21-37(30)50-41(26)27(2)42-45-43(28-13-4-3-5-14-28)47-44(46-42)34-18-12-22-38-40(34)33-24-23-29(25-39(33)49-38)48-35-19-9-6-16-31(35)32-17-7-10-20-36(32)48/h3-25H,1H2,2H3/b41-27-. The molecule has 10 rings (SSSR count). The largest absolute Gasteiger partial charge is 0.456 e. The van der Waals surface area contributed by atoms with E-state index in [4.69, 9.17) is 23.8 Å². The number of fused-ring (bicyclic) bond motifs is 7.